The van der Waals surface area contributed by atoms with Crippen molar-refractivity contribution >= 4 is 17.5 Å². The molecule has 20 heavy (non-hydrogen) atoms. The number of amides is 1. The fraction of sp³-hybridized carbons (Fsp3) is 0.562. The molecule has 0 bridgehead atoms. The summed E-state index contributed by atoms with van der Waals surface area (Å²) in [7, 11) is 0. The van der Waals surface area contributed by atoms with Crippen LogP contribution in [0.5, 0.6) is 0 Å². The monoisotopic (exact) mass is 295 g/mol. The molecule has 2 unspecified atom stereocenters. The summed E-state index contributed by atoms with van der Waals surface area (Å²) in [4.78, 5) is 12.0. The average Bonchev–Trinajstić information content (AvgIpc) is 2.80. The first-order valence-electron chi connectivity index (χ1n) is 7.18. The molecule has 2 N–H and O–H groups in total. The van der Waals surface area contributed by atoms with Crippen LogP contribution >= 0.6 is 11.6 Å². The second kappa shape index (κ2) is 6.59. The number of nitrogens with one attached hydrogen (secondary N) is 1. The summed E-state index contributed by atoms with van der Waals surface area (Å²) in [5.74, 6) is 0.0616. The third-order valence-electron chi connectivity index (χ3n) is 4.33. The van der Waals surface area contributed by atoms with Gasteiger partial charge in [0.05, 0.1) is 6.61 Å². The van der Waals surface area contributed by atoms with Crippen LogP contribution in [-0.4, -0.2) is 23.7 Å². The van der Waals surface area contributed by atoms with E-state index in [0.717, 1.165) is 24.8 Å². The van der Waals surface area contributed by atoms with E-state index in [0.29, 0.717) is 17.9 Å². The third-order valence-corrected chi connectivity index (χ3v) is 4.58. The number of aliphatic hydroxyl groups excluding tert-OH is 1. The molecule has 2 rings (SSSR count). The highest BCUT2D eigenvalue weighted by Crippen LogP contribution is 2.37. The Morgan fingerprint density at radius 2 is 2.15 bits per heavy atom. The van der Waals surface area contributed by atoms with Crippen LogP contribution in [0.1, 0.15) is 38.2 Å². The topological polar surface area (TPSA) is 49.3 Å². The molecule has 0 radical (unpaired) electrons. The third kappa shape index (κ3) is 3.74. The maximum atomic E-state index is 12.0. The molecule has 0 spiro atoms. The summed E-state index contributed by atoms with van der Waals surface area (Å²) in [6, 6.07) is 7.68. The van der Waals surface area contributed by atoms with Crippen molar-refractivity contribution in [1.82, 2.24) is 5.32 Å². The van der Waals surface area contributed by atoms with E-state index in [1.165, 1.54) is 0 Å². The van der Waals surface area contributed by atoms with Gasteiger partial charge in [-0.3, -0.25) is 4.79 Å². The van der Waals surface area contributed by atoms with E-state index in [4.69, 9.17) is 11.6 Å². The quantitative estimate of drug-likeness (QED) is 0.877. The maximum absolute atomic E-state index is 12.0. The second-order valence-electron chi connectivity index (χ2n) is 5.95. The van der Waals surface area contributed by atoms with Crippen LogP contribution in [0.4, 0.5) is 0 Å². The number of carbonyl (C=O) groups excluding carboxylic acids is 1. The molecule has 2 atom stereocenters. The van der Waals surface area contributed by atoms with Crippen LogP contribution in [-0.2, 0) is 11.2 Å². The predicted molar refractivity (Wildman–Crippen MR) is 80.7 cm³/mol. The first kappa shape index (κ1) is 15.3. The first-order chi connectivity index (χ1) is 9.53. The van der Waals surface area contributed by atoms with Crippen molar-refractivity contribution in [3.8, 4) is 0 Å². The van der Waals surface area contributed by atoms with Gasteiger partial charge in [-0.2, -0.15) is 0 Å². The van der Waals surface area contributed by atoms with Crippen LogP contribution in [0.25, 0.3) is 0 Å². The minimum Gasteiger partial charge on any atom is -0.396 e. The highest BCUT2D eigenvalue weighted by molar-refractivity contribution is 6.30. The van der Waals surface area contributed by atoms with Gasteiger partial charge >= 0.3 is 0 Å². The highest BCUT2D eigenvalue weighted by atomic mass is 35.5. The lowest BCUT2D eigenvalue weighted by Crippen LogP contribution is -2.44. The normalized spacial score (nSPS) is 25.6. The van der Waals surface area contributed by atoms with Gasteiger partial charge in [-0.05, 0) is 37.0 Å². The molecule has 0 aromatic heterocycles. The van der Waals surface area contributed by atoms with Crippen molar-refractivity contribution < 1.29 is 9.90 Å². The molecule has 1 amide bonds. The summed E-state index contributed by atoms with van der Waals surface area (Å²) in [5.41, 5.74) is 0.955. The van der Waals surface area contributed by atoms with Crippen molar-refractivity contribution in [2.75, 3.05) is 6.61 Å². The summed E-state index contributed by atoms with van der Waals surface area (Å²) in [5, 5.41) is 13.3. The van der Waals surface area contributed by atoms with E-state index >= 15 is 0 Å². The molecule has 4 heteroatoms. The maximum Gasteiger partial charge on any atom is 0.220 e. The number of hydrogen-bond acceptors (Lipinski definition) is 2. The van der Waals surface area contributed by atoms with E-state index in [1.807, 2.05) is 31.2 Å². The highest BCUT2D eigenvalue weighted by Gasteiger charge is 2.38. The van der Waals surface area contributed by atoms with E-state index in [9.17, 15) is 9.90 Å². The van der Waals surface area contributed by atoms with Crippen LogP contribution < -0.4 is 5.32 Å². The molecule has 1 aromatic rings. The zero-order chi connectivity index (χ0) is 14.6. The van der Waals surface area contributed by atoms with Crippen molar-refractivity contribution in [3.63, 3.8) is 0 Å². The Kier molecular flexibility index (Phi) is 5.06. The lowest BCUT2D eigenvalue weighted by molar-refractivity contribution is -0.122. The van der Waals surface area contributed by atoms with Crippen LogP contribution in [0.3, 0.4) is 0 Å². The summed E-state index contributed by atoms with van der Waals surface area (Å²) in [6.45, 7) is 2.18. The summed E-state index contributed by atoms with van der Waals surface area (Å²) >= 11 is 5.83. The van der Waals surface area contributed by atoms with E-state index in [2.05, 4.69) is 5.32 Å². The molecular formula is C16H22ClNO2. The molecule has 0 saturated heterocycles. The molecule has 1 aliphatic carbocycles. The van der Waals surface area contributed by atoms with E-state index in [1.54, 1.807) is 0 Å². The number of halogens is 1. The molecule has 3 nitrogen and oxygen atoms in total. The Morgan fingerprint density at radius 3 is 2.80 bits per heavy atom. The van der Waals surface area contributed by atoms with Gasteiger partial charge < -0.3 is 10.4 Å². The van der Waals surface area contributed by atoms with E-state index < -0.39 is 0 Å². The molecular weight excluding hydrogens is 274 g/mol. The van der Waals surface area contributed by atoms with Gasteiger partial charge in [0.2, 0.25) is 5.91 Å². The molecule has 1 fully saturated rings. The largest absolute Gasteiger partial charge is 0.396 e. The number of aliphatic hydroxyl groups is 1. The number of rotatable bonds is 5. The SMILES string of the molecule is CC1(CO)CCCC1NC(=O)CCc1ccc(Cl)cc1. The first-order valence-corrected chi connectivity index (χ1v) is 7.56. The van der Waals surface area contributed by atoms with Gasteiger partial charge in [0.25, 0.3) is 0 Å². The molecule has 0 heterocycles. The fourth-order valence-electron chi connectivity index (χ4n) is 2.84. The van der Waals surface area contributed by atoms with E-state index in [-0.39, 0.29) is 24.0 Å². The number of carbonyl (C=O) groups is 1. The van der Waals surface area contributed by atoms with Crippen LogP contribution in [0.2, 0.25) is 5.02 Å². The Morgan fingerprint density at radius 1 is 1.45 bits per heavy atom. The predicted octanol–water partition coefficient (Wildman–Crippen LogP) is 2.94. The Bertz CT molecular complexity index is 460. The minimum absolute atomic E-state index is 0.0616. The van der Waals surface area contributed by atoms with Gasteiger partial charge in [-0.25, -0.2) is 0 Å². The zero-order valence-corrected chi connectivity index (χ0v) is 12.6. The van der Waals surface area contributed by atoms with Crippen molar-refractivity contribution in [2.45, 2.75) is 45.1 Å². The fourth-order valence-corrected chi connectivity index (χ4v) is 2.97. The molecule has 1 aliphatic rings. The number of benzene rings is 1. The smallest absolute Gasteiger partial charge is 0.220 e. The molecule has 1 aromatic carbocycles. The molecule has 110 valence electrons. The summed E-state index contributed by atoms with van der Waals surface area (Å²) < 4.78 is 0. The standard InChI is InChI=1S/C16H22ClNO2/c1-16(11-19)10-2-3-14(16)18-15(20)9-6-12-4-7-13(17)8-5-12/h4-5,7-8,14,19H,2-3,6,9-11H2,1H3,(H,18,20). The van der Waals surface area contributed by atoms with Gasteiger partial charge in [0, 0.05) is 22.9 Å². The Hall–Kier alpha value is -1.06. The van der Waals surface area contributed by atoms with Crippen LogP contribution in [0, 0.1) is 5.41 Å². The Labute approximate surface area is 125 Å². The molecule has 0 aliphatic heterocycles. The second-order valence-corrected chi connectivity index (χ2v) is 6.39. The Balaban J connectivity index is 1.82. The summed E-state index contributed by atoms with van der Waals surface area (Å²) in [6.07, 6.45) is 4.19. The number of aryl methyl sites for hydroxylation is 1. The van der Waals surface area contributed by atoms with Gasteiger partial charge in [-0.15, -0.1) is 0 Å². The van der Waals surface area contributed by atoms with Crippen LogP contribution in [0.15, 0.2) is 24.3 Å². The van der Waals surface area contributed by atoms with Crippen molar-refractivity contribution in [1.29, 1.82) is 0 Å². The van der Waals surface area contributed by atoms with Crippen molar-refractivity contribution in [2.24, 2.45) is 5.41 Å². The lowest BCUT2D eigenvalue weighted by Gasteiger charge is -2.30. The zero-order valence-electron chi connectivity index (χ0n) is 11.9. The van der Waals surface area contributed by atoms with Crippen molar-refractivity contribution in [3.05, 3.63) is 34.9 Å². The number of hydrogen-bond donors (Lipinski definition) is 2. The minimum atomic E-state index is -0.157. The van der Waals surface area contributed by atoms with Gasteiger partial charge in [-0.1, -0.05) is 37.1 Å². The average molecular weight is 296 g/mol. The van der Waals surface area contributed by atoms with Gasteiger partial charge in [0.1, 0.15) is 0 Å². The van der Waals surface area contributed by atoms with Gasteiger partial charge in [0.15, 0.2) is 0 Å². The lowest BCUT2D eigenvalue weighted by atomic mass is 9.85. The molecule has 1 saturated carbocycles.